The van der Waals surface area contributed by atoms with Gasteiger partial charge in [0, 0.05) is 20.1 Å². The molecule has 0 aliphatic heterocycles. The van der Waals surface area contributed by atoms with E-state index in [0.717, 1.165) is 6.04 Å². The highest BCUT2D eigenvalue weighted by atomic mass is 31.1. The zero-order valence-corrected chi connectivity index (χ0v) is 10.4. The highest BCUT2D eigenvalue weighted by Gasteiger charge is 2.19. The maximum absolute atomic E-state index is 2.58. The molecule has 0 spiro atoms. The Morgan fingerprint density at radius 3 is 2.23 bits per heavy atom. The first-order valence-electron chi connectivity index (χ1n) is 5.40. The molecule has 0 aromatic rings. The lowest BCUT2D eigenvalue weighted by Gasteiger charge is -2.29. The van der Waals surface area contributed by atoms with Crippen molar-refractivity contribution in [2.75, 3.05) is 27.4 Å². The maximum atomic E-state index is 2.58. The molecule has 1 atom stereocenters. The molecule has 1 fully saturated rings. The van der Waals surface area contributed by atoms with E-state index in [1.807, 2.05) is 0 Å². The molecular weight excluding hydrogens is 179 g/mol. The Labute approximate surface area is 84.5 Å². The van der Waals surface area contributed by atoms with Crippen LogP contribution in [-0.4, -0.2) is 43.0 Å². The molecule has 1 aliphatic carbocycles. The molecule has 13 heavy (non-hydrogen) atoms. The van der Waals surface area contributed by atoms with Gasteiger partial charge >= 0.3 is 0 Å². The van der Waals surface area contributed by atoms with Gasteiger partial charge in [-0.25, -0.2) is 0 Å². The van der Waals surface area contributed by atoms with E-state index in [4.69, 9.17) is 0 Å². The van der Waals surface area contributed by atoms with Crippen molar-refractivity contribution in [1.29, 1.82) is 0 Å². The van der Waals surface area contributed by atoms with Crippen molar-refractivity contribution in [3.8, 4) is 0 Å². The monoisotopic (exact) mass is 203 g/mol. The second kappa shape index (κ2) is 5.95. The standard InChI is InChI=1S/C10H23N2P/c1-11(2)13-9-12(3)10-7-5-4-6-8-10/h10,13H,4-9H2,1-3H3/p+1. The quantitative estimate of drug-likeness (QED) is 0.646. The maximum Gasteiger partial charge on any atom is 0.123 e. The minimum atomic E-state index is 0.483. The molecule has 0 bridgehead atoms. The molecule has 1 aliphatic rings. The summed E-state index contributed by atoms with van der Waals surface area (Å²) in [5, 5.41) is 0. The lowest BCUT2D eigenvalue weighted by Crippen LogP contribution is -2.33. The molecule has 0 N–H and O–H groups in total. The predicted octanol–water partition coefficient (Wildman–Crippen LogP) is 2.10. The van der Waals surface area contributed by atoms with Gasteiger partial charge in [-0.1, -0.05) is 19.3 Å². The topological polar surface area (TPSA) is 6.48 Å². The van der Waals surface area contributed by atoms with E-state index >= 15 is 0 Å². The van der Waals surface area contributed by atoms with Crippen LogP contribution in [0.5, 0.6) is 0 Å². The van der Waals surface area contributed by atoms with Crippen molar-refractivity contribution in [3.05, 3.63) is 0 Å². The van der Waals surface area contributed by atoms with Crippen LogP contribution < -0.4 is 0 Å². The van der Waals surface area contributed by atoms with Crippen molar-refractivity contribution in [1.82, 2.24) is 9.57 Å². The predicted molar refractivity (Wildman–Crippen MR) is 62.9 cm³/mol. The molecule has 0 aromatic carbocycles. The minimum Gasteiger partial charge on any atom is -0.270 e. The SMILES string of the molecule is CN(C)[PH2+]CN(C)C1CCCCC1. The number of hydrogen-bond donors (Lipinski definition) is 0. The van der Waals surface area contributed by atoms with Crippen molar-refractivity contribution in [3.63, 3.8) is 0 Å². The third kappa shape index (κ3) is 4.39. The summed E-state index contributed by atoms with van der Waals surface area (Å²) in [5.41, 5.74) is 0. The summed E-state index contributed by atoms with van der Waals surface area (Å²) in [6.45, 7) is 0. The summed E-state index contributed by atoms with van der Waals surface area (Å²) in [4.78, 5) is 2.58. The number of rotatable bonds is 4. The molecule has 0 heterocycles. The van der Waals surface area contributed by atoms with Crippen LogP contribution in [0.4, 0.5) is 0 Å². The van der Waals surface area contributed by atoms with E-state index < -0.39 is 0 Å². The van der Waals surface area contributed by atoms with Crippen LogP contribution in [0.25, 0.3) is 0 Å². The van der Waals surface area contributed by atoms with E-state index in [1.165, 1.54) is 38.4 Å². The van der Waals surface area contributed by atoms with Crippen LogP contribution in [0, 0.1) is 0 Å². The third-order valence-electron chi connectivity index (χ3n) is 2.93. The van der Waals surface area contributed by atoms with Crippen LogP contribution in [-0.2, 0) is 0 Å². The van der Waals surface area contributed by atoms with Gasteiger partial charge < -0.3 is 0 Å². The summed E-state index contributed by atoms with van der Waals surface area (Å²) >= 11 is 0. The molecule has 1 unspecified atom stereocenters. The smallest absolute Gasteiger partial charge is 0.123 e. The largest absolute Gasteiger partial charge is 0.270 e. The molecule has 3 heteroatoms. The van der Waals surface area contributed by atoms with Gasteiger partial charge in [-0.3, -0.25) is 4.90 Å². The van der Waals surface area contributed by atoms with Crippen LogP contribution in [0.15, 0.2) is 0 Å². The summed E-state index contributed by atoms with van der Waals surface area (Å²) in [5.74, 6) is 0. The summed E-state index contributed by atoms with van der Waals surface area (Å²) in [6, 6.07) is 0.890. The van der Waals surface area contributed by atoms with E-state index in [1.54, 1.807) is 0 Å². The van der Waals surface area contributed by atoms with Gasteiger partial charge in [-0.05, 0) is 19.9 Å². The van der Waals surface area contributed by atoms with E-state index in [0.29, 0.717) is 8.73 Å². The average molecular weight is 203 g/mol. The van der Waals surface area contributed by atoms with Gasteiger partial charge in [0.05, 0.1) is 8.73 Å². The first-order chi connectivity index (χ1) is 6.20. The van der Waals surface area contributed by atoms with Crippen LogP contribution in [0.3, 0.4) is 0 Å². The number of nitrogens with zero attached hydrogens (tertiary/aromatic N) is 2. The fourth-order valence-electron chi connectivity index (χ4n) is 1.96. The molecule has 1 saturated carbocycles. The molecule has 0 saturated heterocycles. The highest BCUT2D eigenvalue weighted by molar-refractivity contribution is 7.35. The van der Waals surface area contributed by atoms with Gasteiger partial charge in [0.2, 0.25) is 0 Å². The minimum absolute atomic E-state index is 0.483. The van der Waals surface area contributed by atoms with Gasteiger partial charge in [0.15, 0.2) is 0 Å². The third-order valence-corrected chi connectivity index (χ3v) is 4.40. The second-order valence-corrected chi connectivity index (χ2v) is 6.14. The fraction of sp³-hybridized carbons (Fsp3) is 1.00. The molecule has 0 aromatic heterocycles. The van der Waals surface area contributed by atoms with E-state index in [-0.39, 0.29) is 0 Å². The summed E-state index contributed by atoms with van der Waals surface area (Å²) < 4.78 is 2.35. The molecule has 2 nitrogen and oxygen atoms in total. The highest BCUT2D eigenvalue weighted by Crippen LogP contribution is 2.24. The van der Waals surface area contributed by atoms with Gasteiger partial charge in [0.25, 0.3) is 0 Å². The molecule has 0 radical (unpaired) electrons. The number of hydrogen-bond acceptors (Lipinski definition) is 2. The first-order valence-corrected chi connectivity index (χ1v) is 6.73. The van der Waals surface area contributed by atoms with Crippen LogP contribution in [0.2, 0.25) is 0 Å². The Kier molecular flexibility index (Phi) is 5.23. The Morgan fingerprint density at radius 2 is 1.69 bits per heavy atom. The van der Waals surface area contributed by atoms with E-state index in [9.17, 15) is 0 Å². The lowest BCUT2D eigenvalue weighted by atomic mass is 9.95. The van der Waals surface area contributed by atoms with Crippen LogP contribution >= 0.6 is 8.73 Å². The Hall–Kier alpha value is 0.350. The second-order valence-electron chi connectivity index (χ2n) is 4.38. The Morgan fingerprint density at radius 1 is 1.08 bits per heavy atom. The molecule has 1 rings (SSSR count). The van der Waals surface area contributed by atoms with Crippen molar-refractivity contribution < 1.29 is 0 Å². The van der Waals surface area contributed by atoms with Gasteiger partial charge in [-0.2, -0.15) is 4.67 Å². The van der Waals surface area contributed by atoms with Crippen molar-refractivity contribution >= 4 is 8.73 Å². The van der Waals surface area contributed by atoms with Gasteiger partial charge in [-0.15, -0.1) is 0 Å². The molecule has 78 valence electrons. The zero-order chi connectivity index (χ0) is 9.68. The van der Waals surface area contributed by atoms with Gasteiger partial charge in [0.1, 0.15) is 6.29 Å². The zero-order valence-electron chi connectivity index (χ0n) is 9.29. The Balaban J connectivity index is 2.17. The molecule has 0 amide bonds. The Bertz CT molecular complexity index is 133. The molecular formula is C10H24N2P+. The van der Waals surface area contributed by atoms with E-state index in [2.05, 4.69) is 30.7 Å². The van der Waals surface area contributed by atoms with Crippen LogP contribution in [0.1, 0.15) is 32.1 Å². The first kappa shape index (κ1) is 11.4. The van der Waals surface area contributed by atoms with Crippen molar-refractivity contribution in [2.45, 2.75) is 38.1 Å². The summed E-state index contributed by atoms with van der Waals surface area (Å²) in [7, 11) is 7.15. The normalized spacial score (nSPS) is 21.0. The lowest BCUT2D eigenvalue weighted by molar-refractivity contribution is 0.218. The van der Waals surface area contributed by atoms with Crippen molar-refractivity contribution in [2.24, 2.45) is 0 Å². The average Bonchev–Trinajstić information content (AvgIpc) is 2.15. The fourth-order valence-corrected chi connectivity index (χ4v) is 2.85. The summed E-state index contributed by atoms with van der Waals surface area (Å²) in [6.07, 6.45) is 8.54.